The molecule has 1 amide bonds. The highest BCUT2D eigenvalue weighted by atomic mass is 16.5. The predicted octanol–water partition coefficient (Wildman–Crippen LogP) is -0.0916. The van der Waals surface area contributed by atoms with Gasteiger partial charge in [0.1, 0.15) is 0 Å². The van der Waals surface area contributed by atoms with Crippen molar-refractivity contribution in [3.63, 3.8) is 0 Å². The molecule has 21 heavy (non-hydrogen) atoms. The Labute approximate surface area is 124 Å². The third-order valence-electron chi connectivity index (χ3n) is 2.56. The topological polar surface area (TPSA) is 118 Å². The molecule has 0 saturated carbocycles. The quantitative estimate of drug-likeness (QED) is 0.427. The molecule has 9 nitrogen and oxygen atoms in total. The smallest absolute Gasteiger partial charge is 0.323 e. The predicted molar refractivity (Wildman–Crippen MR) is 80.0 cm³/mol. The highest BCUT2D eigenvalue weighted by Crippen LogP contribution is 2.15. The first-order chi connectivity index (χ1) is 10.1. The van der Waals surface area contributed by atoms with Crippen molar-refractivity contribution in [1.29, 1.82) is 0 Å². The number of carbonyl (C=O) groups is 1. The number of aromatic nitrogens is 3. The largest absolute Gasteiger partial charge is 0.463 e. The molecule has 0 saturated heterocycles. The molecule has 0 spiro atoms. The van der Waals surface area contributed by atoms with E-state index < -0.39 is 0 Å². The van der Waals surface area contributed by atoms with Gasteiger partial charge in [-0.3, -0.25) is 10.2 Å². The van der Waals surface area contributed by atoms with E-state index in [-0.39, 0.29) is 24.4 Å². The highest BCUT2D eigenvalue weighted by molar-refractivity contribution is 5.80. The number of likely N-dealkylation sites (N-methyl/N-ethyl adjacent to an activating group) is 1. The molecule has 0 unspecified atom stereocenters. The molecule has 0 aliphatic heterocycles. The first-order valence-corrected chi connectivity index (χ1v) is 6.95. The van der Waals surface area contributed by atoms with Crippen molar-refractivity contribution in [1.82, 2.24) is 20.3 Å². The van der Waals surface area contributed by atoms with E-state index in [9.17, 15) is 4.79 Å². The van der Waals surface area contributed by atoms with Gasteiger partial charge in [0, 0.05) is 13.6 Å². The van der Waals surface area contributed by atoms with Crippen LogP contribution in [0.1, 0.15) is 26.7 Å². The number of ether oxygens (including phenoxy) is 1. The van der Waals surface area contributed by atoms with Crippen molar-refractivity contribution in [2.24, 2.45) is 5.84 Å². The lowest BCUT2D eigenvalue weighted by Gasteiger charge is -2.21. The fraction of sp³-hybridized carbons (Fsp3) is 0.667. The summed E-state index contributed by atoms with van der Waals surface area (Å²) in [6.45, 7) is 5.28. The third kappa shape index (κ3) is 5.38. The first-order valence-electron chi connectivity index (χ1n) is 6.95. The summed E-state index contributed by atoms with van der Waals surface area (Å²) in [5.41, 5.74) is 2.38. The van der Waals surface area contributed by atoms with Gasteiger partial charge in [-0.05, 0) is 12.8 Å². The number of nitrogens with zero attached hydrogens (tertiary/aromatic N) is 4. The van der Waals surface area contributed by atoms with Gasteiger partial charge in [-0.25, -0.2) is 5.84 Å². The SMILES string of the molecule is CCCOc1nc(NN)nc(N(CCC)CC(=O)NC)n1. The number of anilines is 2. The number of hydrogen-bond donors (Lipinski definition) is 3. The molecule has 0 aromatic carbocycles. The van der Waals surface area contributed by atoms with E-state index in [1.807, 2.05) is 13.8 Å². The van der Waals surface area contributed by atoms with E-state index in [1.54, 1.807) is 11.9 Å². The minimum atomic E-state index is -0.123. The van der Waals surface area contributed by atoms with Crippen LogP contribution in [0.25, 0.3) is 0 Å². The van der Waals surface area contributed by atoms with E-state index >= 15 is 0 Å². The summed E-state index contributed by atoms with van der Waals surface area (Å²) in [5, 5.41) is 2.58. The molecule has 0 aliphatic rings. The molecule has 0 atom stereocenters. The average Bonchev–Trinajstić information content (AvgIpc) is 2.51. The molecular weight excluding hydrogens is 274 g/mol. The van der Waals surface area contributed by atoms with Gasteiger partial charge in [-0.2, -0.15) is 15.0 Å². The lowest BCUT2D eigenvalue weighted by molar-refractivity contribution is -0.119. The summed E-state index contributed by atoms with van der Waals surface area (Å²) >= 11 is 0. The zero-order valence-electron chi connectivity index (χ0n) is 12.7. The van der Waals surface area contributed by atoms with Crippen LogP contribution in [0.3, 0.4) is 0 Å². The number of carbonyl (C=O) groups excluding carboxylic acids is 1. The van der Waals surface area contributed by atoms with Gasteiger partial charge >= 0.3 is 6.01 Å². The third-order valence-corrected chi connectivity index (χ3v) is 2.56. The van der Waals surface area contributed by atoms with Crippen molar-refractivity contribution in [2.75, 3.05) is 37.1 Å². The summed E-state index contributed by atoms with van der Waals surface area (Å²) < 4.78 is 5.41. The van der Waals surface area contributed by atoms with Gasteiger partial charge in [-0.1, -0.05) is 13.8 Å². The molecular formula is C12H23N7O2. The summed E-state index contributed by atoms with van der Waals surface area (Å²) in [4.78, 5) is 25.8. The maximum atomic E-state index is 11.6. The van der Waals surface area contributed by atoms with Crippen LogP contribution >= 0.6 is 0 Å². The van der Waals surface area contributed by atoms with Crippen LogP contribution in [-0.2, 0) is 4.79 Å². The fourth-order valence-electron chi connectivity index (χ4n) is 1.58. The van der Waals surface area contributed by atoms with Crippen LogP contribution in [-0.4, -0.2) is 47.6 Å². The summed E-state index contributed by atoms with van der Waals surface area (Å²) in [6.07, 6.45) is 1.68. The highest BCUT2D eigenvalue weighted by Gasteiger charge is 2.16. The van der Waals surface area contributed by atoms with Crippen LogP contribution in [0.15, 0.2) is 0 Å². The molecule has 9 heteroatoms. The van der Waals surface area contributed by atoms with Crippen LogP contribution < -0.4 is 26.2 Å². The van der Waals surface area contributed by atoms with Crippen molar-refractivity contribution in [3.05, 3.63) is 0 Å². The number of nitrogen functional groups attached to an aromatic ring is 1. The van der Waals surface area contributed by atoms with Crippen LogP contribution in [0, 0.1) is 0 Å². The van der Waals surface area contributed by atoms with Gasteiger partial charge in [-0.15, -0.1) is 0 Å². The average molecular weight is 297 g/mol. The number of amides is 1. The molecule has 0 aliphatic carbocycles. The molecule has 4 N–H and O–H groups in total. The molecule has 0 fully saturated rings. The zero-order valence-corrected chi connectivity index (χ0v) is 12.7. The molecule has 0 radical (unpaired) electrons. The standard InChI is InChI=1S/C12H23N7O2/c1-4-6-19(8-9(20)14-3)11-15-10(18-13)16-12(17-11)21-7-5-2/h4-8,13H2,1-3H3,(H,14,20)(H,15,16,17,18). The normalized spacial score (nSPS) is 10.1. The minimum Gasteiger partial charge on any atom is -0.463 e. The van der Waals surface area contributed by atoms with Gasteiger partial charge in [0.05, 0.1) is 13.2 Å². The van der Waals surface area contributed by atoms with Crippen molar-refractivity contribution < 1.29 is 9.53 Å². The molecule has 1 heterocycles. The number of nitrogens with two attached hydrogens (primary N) is 1. The van der Waals surface area contributed by atoms with Crippen LogP contribution in [0.4, 0.5) is 11.9 Å². The minimum absolute atomic E-state index is 0.123. The maximum Gasteiger partial charge on any atom is 0.323 e. The Bertz CT molecular complexity index is 455. The number of rotatable bonds is 9. The second kappa shape index (κ2) is 8.90. The molecule has 1 aromatic heterocycles. The van der Waals surface area contributed by atoms with E-state index in [0.29, 0.717) is 19.1 Å². The van der Waals surface area contributed by atoms with Crippen molar-refractivity contribution in [2.45, 2.75) is 26.7 Å². The lowest BCUT2D eigenvalue weighted by Crippen LogP contribution is -2.37. The Hall–Kier alpha value is -2.16. The number of hydrogen-bond acceptors (Lipinski definition) is 8. The Morgan fingerprint density at radius 2 is 2.05 bits per heavy atom. The van der Waals surface area contributed by atoms with Crippen LogP contribution in [0.2, 0.25) is 0 Å². The zero-order chi connectivity index (χ0) is 15.7. The van der Waals surface area contributed by atoms with E-state index in [1.165, 1.54) is 0 Å². The summed E-state index contributed by atoms with van der Waals surface area (Å²) in [6, 6.07) is 0.188. The molecule has 1 rings (SSSR count). The monoisotopic (exact) mass is 297 g/mol. The second-order valence-corrected chi connectivity index (χ2v) is 4.33. The summed E-state index contributed by atoms with van der Waals surface area (Å²) in [5.74, 6) is 5.79. The van der Waals surface area contributed by atoms with E-state index in [2.05, 4.69) is 25.7 Å². The van der Waals surface area contributed by atoms with Gasteiger partial charge < -0.3 is 15.0 Å². The molecule has 1 aromatic rings. The fourth-order valence-corrected chi connectivity index (χ4v) is 1.58. The van der Waals surface area contributed by atoms with Crippen molar-refractivity contribution >= 4 is 17.8 Å². The Balaban J connectivity index is 3.01. The van der Waals surface area contributed by atoms with Gasteiger partial charge in [0.2, 0.25) is 17.8 Å². The number of hydrazine groups is 1. The van der Waals surface area contributed by atoms with Gasteiger partial charge in [0.15, 0.2) is 0 Å². The van der Waals surface area contributed by atoms with Gasteiger partial charge in [0.25, 0.3) is 0 Å². The van der Waals surface area contributed by atoms with E-state index in [4.69, 9.17) is 10.6 Å². The Morgan fingerprint density at radius 3 is 2.62 bits per heavy atom. The lowest BCUT2D eigenvalue weighted by atomic mass is 10.4. The Morgan fingerprint density at radius 1 is 1.29 bits per heavy atom. The first kappa shape index (κ1) is 16.9. The maximum absolute atomic E-state index is 11.6. The van der Waals surface area contributed by atoms with Crippen molar-refractivity contribution in [3.8, 4) is 6.01 Å². The second-order valence-electron chi connectivity index (χ2n) is 4.33. The summed E-state index contributed by atoms with van der Waals surface area (Å²) in [7, 11) is 1.59. The Kier molecular flexibility index (Phi) is 7.16. The molecule has 118 valence electrons. The van der Waals surface area contributed by atoms with Crippen LogP contribution in [0.5, 0.6) is 6.01 Å². The number of nitrogens with one attached hydrogen (secondary N) is 2. The van der Waals surface area contributed by atoms with E-state index in [0.717, 1.165) is 12.8 Å². The molecule has 0 bridgehead atoms.